The van der Waals surface area contributed by atoms with Crippen molar-refractivity contribution in [3.05, 3.63) is 12.2 Å². The topological polar surface area (TPSA) is 37.4 Å². The van der Waals surface area contributed by atoms with Gasteiger partial charge in [0.2, 0.25) is 5.91 Å². The van der Waals surface area contributed by atoms with E-state index in [1.54, 1.807) is 24.9 Å². The number of hydrogen-bond acceptors (Lipinski definition) is 2. The molecule has 0 fully saturated rings. The van der Waals surface area contributed by atoms with Crippen LogP contribution < -0.4 is 0 Å². The van der Waals surface area contributed by atoms with Gasteiger partial charge in [-0.25, -0.2) is 0 Å². The third-order valence-electron chi connectivity index (χ3n) is 1.84. The van der Waals surface area contributed by atoms with E-state index in [4.69, 9.17) is 0 Å². The van der Waals surface area contributed by atoms with Gasteiger partial charge >= 0.3 is 0 Å². The second kappa shape index (κ2) is 6.40. The first-order chi connectivity index (χ1) is 6.11. The number of amides is 1. The summed E-state index contributed by atoms with van der Waals surface area (Å²) in [5, 5.41) is 0. The van der Waals surface area contributed by atoms with Gasteiger partial charge in [0.15, 0.2) is 5.78 Å². The number of rotatable bonds is 5. The first-order valence-corrected chi connectivity index (χ1v) is 4.51. The van der Waals surface area contributed by atoms with E-state index in [0.717, 1.165) is 0 Å². The summed E-state index contributed by atoms with van der Waals surface area (Å²) >= 11 is 0. The van der Waals surface area contributed by atoms with Crippen molar-refractivity contribution >= 4 is 11.7 Å². The van der Waals surface area contributed by atoms with Gasteiger partial charge in [-0.1, -0.05) is 6.08 Å². The fraction of sp³-hybridized carbons (Fsp3) is 0.600. The van der Waals surface area contributed by atoms with Crippen molar-refractivity contribution in [2.45, 2.75) is 26.7 Å². The number of ketones is 1. The summed E-state index contributed by atoms with van der Waals surface area (Å²) < 4.78 is 0. The van der Waals surface area contributed by atoms with Crippen molar-refractivity contribution in [1.29, 1.82) is 0 Å². The minimum absolute atomic E-state index is 0.0142. The van der Waals surface area contributed by atoms with Gasteiger partial charge < -0.3 is 4.90 Å². The Kier molecular flexibility index (Phi) is 5.85. The largest absolute Gasteiger partial charge is 0.346 e. The summed E-state index contributed by atoms with van der Waals surface area (Å²) in [6.45, 7) is 4.39. The van der Waals surface area contributed by atoms with E-state index in [-0.39, 0.29) is 11.7 Å². The standard InChI is InChI=1S/C10H17NO2/c1-4-6-9(12)7-8-10(13)11(3)5-2/h4,6H,5,7-8H2,1-3H3/b6-4+. The Morgan fingerprint density at radius 3 is 2.38 bits per heavy atom. The molecule has 0 aliphatic heterocycles. The molecule has 3 heteroatoms. The van der Waals surface area contributed by atoms with E-state index in [1.165, 1.54) is 6.08 Å². The molecule has 0 aromatic heterocycles. The molecule has 1 amide bonds. The molecule has 0 aliphatic rings. The van der Waals surface area contributed by atoms with Crippen LogP contribution >= 0.6 is 0 Å². The molecule has 0 aromatic rings. The van der Waals surface area contributed by atoms with E-state index >= 15 is 0 Å². The Balaban J connectivity index is 3.76. The maximum Gasteiger partial charge on any atom is 0.222 e. The smallest absolute Gasteiger partial charge is 0.222 e. The summed E-state index contributed by atoms with van der Waals surface area (Å²) in [4.78, 5) is 23.8. The molecule has 0 atom stereocenters. The summed E-state index contributed by atoms with van der Waals surface area (Å²) in [7, 11) is 1.74. The fourth-order valence-electron chi connectivity index (χ4n) is 0.867. The van der Waals surface area contributed by atoms with Gasteiger partial charge in [-0.3, -0.25) is 9.59 Å². The maximum absolute atomic E-state index is 11.2. The molecule has 3 nitrogen and oxygen atoms in total. The number of carbonyl (C=O) groups excluding carboxylic acids is 2. The molecule has 0 bridgehead atoms. The number of carbonyl (C=O) groups is 2. The van der Waals surface area contributed by atoms with E-state index < -0.39 is 0 Å². The highest BCUT2D eigenvalue weighted by molar-refractivity contribution is 5.92. The molecule has 74 valence electrons. The number of allylic oxidation sites excluding steroid dienone is 2. The molecule has 0 radical (unpaired) electrons. The van der Waals surface area contributed by atoms with Crippen LogP contribution in [0.25, 0.3) is 0 Å². The highest BCUT2D eigenvalue weighted by atomic mass is 16.2. The average molecular weight is 183 g/mol. The van der Waals surface area contributed by atoms with Gasteiger partial charge in [-0.2, -0.15) is 0 Å². The molecule has 0 rings (SSSR count). The number of hydrogen-bond donors (Lipinski definition) is 0. The van der Waals surface area contributed by atoms with E-state index in [1.807, 2.05) is 6.92 Å². The van der Waals surface area contributed by atoms with Crippen LogP contribution in [0.5, 0.6) is 0 Å². The zero-order valence-corrected chi connectivity index (χ0v) is 8.54. The molecule has 0 unspecified atom stereocenters. The van der Waals surface area contributed by atoms with E-state index in [9.17, 15) is 9.59 Å². The summed E-state index contributed by atoms with van der Waals surface area (Å²) in [6, 6.07) is 0. The predicted molar refractivity (Wildman–Crippen MR) is 52.4 cm³/mol. The van der Waals surface area contributed by atoms with Crippen molar-refractivity contribution < 1.29 is 9.59 Å². The average Bonchev–Trinajstić information content (AvgIpc) is 2.13. The molecular formula is C10H17NO2. The lowest BCUT2D eigenvalue weighted by Crippen LogP contribution is -2.26. The highest BCUT2D eigenvalue weighted by Crippen LogP contribution is 1.97. The van der Waals surface area contributed by atoms with Gasteiger partial charge in [0.25, 0.3) is 0 Å². The lowest BCUT2D eigenvalue weighted by Gasteiger charge is -2.13. The predicted octanol–water partition coefficient (Wildman–Crippen LogP) is 1.39. The highest BCUT2D eigenvalue weighted by Gasteiger charge is 2.07. The molecular weight excluding hydrogens is 166 g/mol. The fourth-order valence-corrected chi connectivity index (χ4v) is 0.867. The van der Waals surface area contributed by atoms with Crippen LogP contribution in [0.15, 0.2) is 12.2 Å². The second-order valence-electron chi connectivity index (χ2n) is 2.87. The quantitative estimate of drug-likeness (QED) is 0.604. The summed E-state index contributed by atoms with van der Waals surface area (Å²) in [5.41, 5.74) is 0. The molecule has 0 N–H and O–H groups in total. The van der Waals surface area contributed by atoms with E-state index in [0.29, 0.717) is 19.4 Å². The Morgan fingerprint density at radius 1 is 1.31 bits per heavy atom. The van der Waals surface area contributed by atoms with Gasteiger partial charge in [0, 0.05) is 26.4 Å². The molecule has 0 aliphatic carbocycles. The minimum atomic E-state index is 0.0142. The van der Waals surface area contributed by atoms with Gasteiger partial charge in [-0.05, 0) is 19.9 Å². The Hall–Kier alpha value is -1.12. The number of nitrogens with zero attached hydrogens (tertiary/aromatic N) is 1. The molecule has 0 heterocycles. The molecule has 0 spiro atoms. The SMILES string of the molecule is C/C=C/C(=O)CCC(=O)N(C)CC. The monoisotopic (exact) mass is 183 g/mol. The maximum atomic E-state index is 11.2. The second-order valence-corrected chi connectivity index (χ2v) is 2.87. The van der Waals surface area contributed by atoms with Crippen molar-refractivity contribution in [1.82, 2.24) is 4.90 Å². The zero-order valence-electron chi connectivity index (χ0n) is 8.54. The lowest BCUT2D eigenvalue weighted by molar-refractivity contribution is -0.131. The molecule has 0 saturated carbocycles. The Bertz CT molecular complexity index is 209. The van der Waals surface area contributed by atoms with Crippen molar-refractivity contribution in [2.75, 3.05) is 13.6 Å². The Labute approximate surface area is 79.4 Å². The van der Waals surface area contributed by atoms with Crippen LogP contribution in [0.1, 0.15) is 26.7 Å². The zero-order chi connectivity index (χ0) is 10.3. The van der Waals surface area contributed by atoms with Crippen LogP contribution in [0.3, 0.4) is 0 Å². The van der Waals surface area contributed by atoms with E-state index in [2.05, 4.69) is 0 Å². The third kappa shape index (κ3) is 5.17. The van der Waals surface area contributed by atoms with Gasteiger partial charge in [-0.15, -0.1) is 0 Å². The Morgan fingerprint density at radius 2 is 1.92 bits per heavy atom. The normalized spacial score (nSPS) is 10.4. The third-order valence-corrected chi connectivity index (χ3v) is 1.84. The molecule has 13 heavy (non-hydrogen) atoms. The van der Waals surface area contributed by atoms with Crippen molar-refractivity contribution in [3.63, 3.8) is 0 Å². The van der Waals surface area contributed by atoms with Crippen LogP contribution in [0, 0.1) is 0 Å². The summed E-state index contributed by atoms with van der Waals surface area (Å²) in [5.74, 6) is 0.0423. The van der Waals surface area contributed by atoms with Crippen LogP contribution in [0.2, 0.25) is 0 Å². The molecule has 0 aromatic carbocycles. The van der Waals surface area contributed by atoms with Crippen molar-refractivity contribution in [3.8, 4) is 0 Å². The minimum Gasteiger partial charge on any atom is -0.346 e. The van der Waals surface area contributed by atoms with Crippen LogP contribution in [-0.4, -0.2) is 30.2 Å². The molecule has 0 saturated heterocycles. The van der Waals surface area contributed by atoms with Gasteiger partial charge in [0.05, 0.1) is 0 Å². The lowest BCUT2D eigenvalue weighted by atomic mass is 10.2. The summed E-state index contributed by atoms with van der Waals surface area (Å²) in [6.07, 6.45) is 3.82. The van der Waals surface area contributed by atoms with Gasteiger partial charge in [0.1, 0.15) is 0 Å². The first kappa shape index (κ1) is 11.9. The van der Waals surface area contributed by atoms with Crippen LogP contribution in [0.4, 0.5) is 0 Å². The van der Waals surface area contributed by atoms with Crippen molar-refractivity contribution in [2.24, 2.45) is 0 Å². The first-order valence-electron chi connectivity index (χ1n) is 4.51. The van der Waals surface area contributed by atoms with Crippen LogP contribution in [-0.2, 0) is 9.59 Å².